The van der Waals surface area contributed by atoms with Gasteiger partial charge >= 0.3 is 0 Å². The normalized spacial score (nSPS) is 26.5. The standard InChI is InChI=1S/C24H30N2O2.ClH/c1-28-24(20-10-5-9-19(15-20)23(25)27)21-11-6-12-22(24)17-26(16-21)14-13-18-7-3-2-4-8-18;/h2-5,7-10,15,21-22H,6,11-14,16-17H2,1H3,(H2,25,27);1H/t21-,22+,24-;. The van der Waals surface area contributed by atoms with Gasteiger partial charge in [-0.25, -0.2) is 0 Å². The molecule has 2 N–H and O–H groups in total. The number of nitrogens with two attached hydrogens (primary N) is 1. The molecule has 1 saturated carbocycles. The van der Waals surface area contributed by atoms with Gasteiger partial charge in [0.05, 0.1) is 0 Å². The lowest BCUT2D eigenvalue weighted by Gasteiger charge is -2.55. The van der Waals surface area contributed by atoms with E-state index >= 15 is 0 Å². The van der Waals surface area contributed by atoms with E-state index in [0.717, 1.165) is 44.5 Å². The maximum Gasteiger partial charge on any atom is 0.248 e. The Morgan fingerprint density at radius 1 is 1.10 bits per heavy atom. The molecule has 2 aromatic rings. The number of fused-ring (bicyclic) bond motifs is 2. The lowest BCUT2D eigenvalue weighted by Crippen LogP contribution is -2.59. The molecular weight excluding hydrogens is 384 g/mol. The number of hydrogen-bond donors (Lipinski definition) is 1. The number of halogens is 1. The van der Waals surface area contributed by atoms with Crippen LogP contribution in [0.3, 0.4) is 0 Å². The lowest BCUT2D eigenvalue weighted by atomic mass is 9.62. The van der Waals surface area contributed by atoms with Crippen molar-refractivity contribution < 1.29 is 9.53 Å². The predicted octanol–water partition coefficient (Wildman–Crippen LogP) is 4.02. The van der Waals surface area contributed by atoms with Crippen molar-refractivity contribution in [3.8, 4) is 0 Å². The smallest absolute Gasteiger partial charge is 0.248 e. The van der Waals surface area contributed by atoms with Crippen LogP contribution in [0.15, 0.2) is 54.6 Å². The molecule has 156 valence electrons. The summed E-state index contributed by atoms with van der Waals surface area (Å²) in [5, 5.41) is 0. The average molecular weight is 415 g/mol. The van der Waals surface area contributed by atoms with Crippen LogP contribution in [0.2, 0.25) is 0 Å². The maximum absolute atomic E-state index is 11.7. The van der Waals surface area contributed by atoms with Crippen LogP contribution in [0.5, 0.6) is 0 Å². The summed E-state index contributed by atoms with van der Waals surface area (Å²) >= 11 is 0. The van der Waals surface area contributed by atoms with Crippen molar-refractivity contribution in [2.75, 3.05) is 26.7 Å². The number of primary amides is 1. The fourth-order valence-corrected chi connectivity index (χ4v) is 5.48. The molecule has 29 heavy (non-hydrogen) atoms. The van der Waals surface area contributed by atoms with Gasteiger partial charge < -0.3 is 15.4 Å². The Balaban J connectivity index is 0.00000240. The molecule has 0 aromatic heterocycles. The van der Waals surface area contributed by atoms with Crippen molar-refractivity contribution in [2.24, 2.45) is 17.6 Å². The van der Waals surface area contributed by atoms with E-state index in [1.165, 1.54) is 12.0 Å². The molecule has 1 amide bonds. The van der Waals surface area contributed by atoms with Crippen molar-refractivity contribution in [1.29, 1.82) is 0 Å². The second-order valence-corrected chi connectivity index (χ2v) is 8.26. The number of methoxy groups -OCH3 is 1. The van der Waals surface area contributed by atoms with Gasteiger partial charge in [-0.15, -0.1) is 12.4 Å². The van der Waals surface area contributed by atoms with Gasteiger partial charge in [-0.1, -0.05) is 48.9 Å². The highest BCUT2D eigenvalue weighted by molar-refractivity contribution is 5.92. The molecule has 1 aliphatic heterocycles. The van der Waals surface area contributed by atoms with Gasteiger partial charge in [-0.05, 0) is 42.5 Å². The first-order valence-electron chi connectivity index (χ1n) is 10.3. The zero-order chi connectivity index (χ0) is 19.6. The summed E-state index contributed by atoms with van der Waals surface area (Å²) in [6.07, 6.45) is 4.65. The van der Waals surface area contributed by atoms with Gasteiger partial charge in [0.25, 0.3) is 0 Å². The Hall–Kier alpha value is -1.88. The highest BCUT2D eigenvalue weighted by Gasteiger charge is 2.53. The fourth-order valence-electron chi connectivity index (χ4n) is 5.48. The highest BCUT2D eigenvalue weighted by atomic mass is 35.5. The van der Waals surface area contributed by atoms with Gasteiger partial charge in [0, 0.05) is 44.1 Å². The van der Waals surface area contributed by atoms with E-state index in [4.69, 9.17) is 10.5 Å². The molecular formula is C24H31ClN2O2. The Labute approximate surface area is 179 Å². The molecule has 5 heteroatoms. The Kier molecular flexibility index (Phi) is 6.99. The fraction of sp³-hybridized carbons (Fsp3) is 0.458. The van der Waals surface area contributed by atoms with Gasteiger partial charge in [-0.2, -0.15) is 0 Å². The first-order valence-corrected chi connectivity index (χ1v) is 10.3. The Bertz CT molecular complexity index is 813. The molecule has 4 nitrogen and oxygen atoms in total. The van der Waals surface area contributed by atoms with Crippen molar-refractivity contribution in [2.45, 2.75) is 31.3 Å². The van der Waals surface area contributed by atoms with Crippen LogP contribution in [-0.2, 0) is 16.8 Å². The van der Waals surface area contributed by atoms with Crippen molar-refractivity contribution in [3.63, 3.8) is 0 Å². The number of carbonyl (C=O) groups is 1. The third-order valence-corrected chi connectivity index (χ3v) is 6.77. The van der Waals surface area contributed by atoms with Gasteiger partial charge in [0.15, 0.2) is 0 Å². The van der Waals surface area contributed by atoms with Crippen LogP contribution in [-0.4, -0.2) is 37.6 Å². The number of carbonyl (C=O) groups excluding carboxylic acids is 1. The third kappa shape index (κ3) is 4.20. The summed E-state index contributed by atoms with van der Waals surface area (Å²) in [7, 11) is 1.84. The van der Waals surface area contributed by atoms with Crippen LogP contribution in [0.25, 0.3) is 0 Å². The zero-order valence-electron chi connectivity index (χ0n) is 17.0. The van der Waals surface area contributed by atoms with E-state index in [2.05, 4.69) is 41.3 Å². The first kappa shape index (κ1) is 21.8. The number of piperidine rings is 1. The molecule has 2 aromatic carbocycles. The number of nitrogens with zero attached hydrogens (tertiary/aromatic N) is 1. The molecule has 1 heterocycles. The van der Waals surface area contributed by atoms with E-state index in [-0.39, 0.29) is 23.9 Å². The van der Waals surface area contributed by atoms with E-state index < -0.39 is 0 Å². The quantitative estimate of drug-likeness (QED) is 0.776. The number of rotatable bonds is 6. The number of ether oxygens (including phenoxy) is 1. The van der Waals surface area contributed by atoms with E-state index in [1.807, 2.05) is 19.2 Å². The molecule has 2 aliphatic rings. The van der Waals surface area contributed by atoms with Crippen LogP contribution >= 0.6 is 12.4 Å². The molecule has 3 atom stereocenters. The van der Waals surface area contributed by atoms with Crippen LogP contribution in [0.1, 0.15) is 40.7 Å². The minimum absolute atomic E-state index is 0. The number of benzene rings is 2. The predicted molar refractivity (Wildman–Crippen MR) is 118 cm³/mol. The largest absolute Gasteiger partial charge is 0.373 e. The molecule has 1 aliphatic carbocycles. The minimum atomic E-state index is -0.376. The number of hydrogen-bond acceptors (Lipinski definition) is 3. The molecule has 1 saturated heterocycles. The number of likely N-dealkylation sites (tertiary alicyclic amines) is 1. The van der Waals surface area contributed by atoms with E-state index in [0.29, 0.717) is 17.4 Å². The third-order valence-electron chi connectivity index (χ3n) is 6.77. The molecule has 0 unspecified atom stereocenters. The summed E-state index contributed by atoms with van der Waals surface area (Å²) in [5.41, 5.74) is 8.31. The summed E-state index contributed by atoms with van der Waals surface area (Å²) in [6, 6.07) is 18.5. The summed E-state index contributed by atoms with van der Waals surface area (Å²) in [5.74, 6) is 0.492. The number of amides is 1. The monoisotopic (exact) mass is 414 g/mol. The summed E-state index contributed by atoms with van der Waals surface area (Å²) in [4.78, 5) is 14.3. The summed E-state index contributed by atoms with van der Waals surface area (Å²) < 4.78 is 6.30. The lowest BCUT2D eigenvalue weighted by molar-refractivity contribution is -0.168. The Morgan fingerprint density at radius 3 is 2.41 bits per heavy atom. The topological polar surface area (TPSA) is 55.6 Å². The minimum Gasteiger partial charge on any atom is -0.373 e. The molecule has 2 bridgehead atoms. The van der Waals surface area contributed by atoms with Crippen LogP contribution in [0, 0.1) is 11.8 Å². The van der Waals surface area contributed by atoms with Crippen LogP contribution < -0.4 is 5.73 Å². The molecule has 0 spiro atoms. The maximum atomic E-state index is 11.7. The van der Waals surface area contributed by atoms with Gasteiger partial charge in [0.2, 0.25) is 5.91 Å². The molecule has 2 fully saturated rings. The van der Waals surface area contributed by atoms with Crippen LogP contribution in [0.4, 0.5) is 0 Å². The van der Waals surface area contributed by atoms with E-state index in [9.17, 15) is 4.79 Å². The Morgan fingerprint density at radius 2 is 1.79 bits per heavy atom. The van der Waals surface area contributed by atoms with Gasteiger partial charge in [0.1, 0.15) is 5.60 Å². The van der Waals surface area contributed by atoms with Crippen molar-refractivity contribution in [1.82, 2.24) is 4.90 Å². The second-order valence-electron chi connectivity index (χ2n) is 8.26. The first-order chi connectivity index (χ1) is 13.6. The second kappa shape index (κ2) is 9.29. The SMILES string of the molecule is CO[C@]1(c2cccc(C(N)=O)c2)[C@@H]2CCC[C@H]1CN(CCc1ccccc1)C2.Cl. The van der Waals surface area contributed by atoms with Gasteiger partial charge in [-0.3, -0.25) is 4.79 Å². The van der Waals surface area contributed by atoms with Crippen molar-refractivity contribution >= 4 is 18.3 Å². The van der Waals surface area contributed by atoms with E-state index in [1.54, 1.807) is 6.07 Å². The molecule has 0 radical (unpaired) electrons. The zero-order valence-corrected chi connectivity index (χ0v) is 17.9. The average Bonchev–Trinajstić information content (AvgIpc) is 2.72. The molecule has 4 rings (SSSR count). The summed E-state index contributed by atoms with van der Waals surface area (Å²) in [6.45, 7) is 3.16. The highest BCUT2D eigenvalue weighted by Crippen LogP contribution is 2.51. The van der Waals surface area contributed by atoms with Crippen molar-refractivity contribution in [3.05, 3.63) is 71.3 Å².